The van der Waals surface area contributed by atoms with E-state index in [2.05, 4.69) is 28.4 Å². The summed E-state index contributed by atoms with van der Waals surface area (Å²) < 4.78 is 0. The lowest BCUT2D eigenvalue weighted by molar-refractivity contribution is 0.259. The maximum atomic E-state index is 11.1. The van der Waals surface area contributed by atoms with E-state index in [1.807, 2.05) is 30.3 Å². The van der Waals surface area contributed by atoms with E-state index in [0.717, 1.165) is 24.3 Å². The molecule has 0 fully saturated rings. The molecule has 0 radical (unpaired) electrons. The van der Waals surface area contributed by atoms with Crippen molar-refractivity contribution in [3.8, 4) is 0 Å². The maximum absolute atomic E-state index is 11.1. The largest absolute Gasteiger partial charge is 0.351 e. The Morgan fingerprint density at radius 1 is 1.05 bits per heavy atom. The van der Waals surface area contributed by atoms with Gasteiger partial charge >= 0.3 is 6.03 Å². The summed E-state index contributed by atoms with van der Waals surface area (Å²) in [4.78, 5) is 13.3. The number of para-hydroxylation sites is 3. The molecule has 0 unspecified atom stereocenters. The number of hydrogen-bond acceptors (Lipinski definition) is 2. The summed E-state index contributed by atoms with van der Waals surface area (Å²) in [5.41, 5.74) is 9.46. The third kappa shape index (κ3) is 2.12. The topological polar surface area (TPSA) is 58.4 Å². The molecule has 2 aromatic rings. The Bertz CT molecular complexity index is 624. The van der Waals surface area contributed by atoms with Crippen LogP contribution in [0.3, 0.4) is 0 Å². The summed E-state index contributed by atoms with van der Waals surface area (Å²) in [6.45, 7) is 0.913. The first-order valence-corrected chi connectivity index (χ1v) is 6.26. The fourth-order valence-electron chi connectivity index (χ4n) is 2.54. The number of hydrogen-bond donors (Lipinski definition) is 2. The summed E-state index contributed by atoms with van der Waals surface area (Å²) >= 11 is 0. The van der Waals surface area contributed by atoms with Crippen LogP contribution in [0.2, 0.25) is 0 Å². The lowest BCUT2D eigenvalue weighted by Crippen LogP contribution is -2.22. The Morgan fingerprint density at radius 3 is 2.53 bits per heavy atom. The summed E-state index contributed by atoms with van der Waals surface area (Å²) in [6.07, 6.45) is 1.01. The molecule has 0 aromatic heterocycles. The monoisotopic (exact) mass is 253 g/mol. The minimum Gasteiger partial charge on any atom is -0.351 e. The van der Waals surface area contributed by atoms with Crippen molar-refractivity contribution in [2.45, 2.75) is 6.42 Å². The average Bonchev–Trinajstić information content (AvgIpc) is 2.82. The third-order valence-electron chi connectivity index (χ3n) is 3.34. The van der Waals surface area contributed by atoms with Crippen LogP contribution < -0.4 is 16.0 Å². The van der Waals surface area contributed by atoms with Gasteiger partial charge in [0.1, 0.15) is 0 Å². The molecule has 0 spiro atoms. The summed E-state index contributed by atoms with van der Waals surface area (Å²) in [5, 5.41) is 2.68. The fourth-order valence-corrected chi connectivity index (χ4v) is 2.54. The third-order valence-corrected chi connectivity index (χ3v) is 3.34. The van der Waals surface area contributed by atoms with Crippen LogP contribution in [-0.2, 0) is 6.42 Å². The number of anilines is 3. The van der Waals surface area contributed by atoms with Gasteiger partial charge in [0.25, 0.3) is 0 Å². The molecule has 19 heavy (non-hydrogen) atoms. The van der Waals surface area contributed by atoms with Crippen LogP contribution in [0.4, 0.5) is 21.9 Å². The van der Waals surface area contributed by atoms with Gasteiger partial charge in [0.05, 0.1) is 11.4 Å². The van der Waals surface area contributed by atoms with Gasteiger partial charge < -0.3 is 16.0 Å². The van der Waals surface area contributed by atoms with Crippen LogP contribution >= 0.6 is 0 Å². The second-order valence-electron chi connectivity index (χ2n) is 4.54. The van der Waals surface area contributed by atoms with Gasteiger partial charge in [-0.15, -0.1) is 0 Å². The Morgan fingerprint density at radius 2 is 1.74 bits per heavy atom. The molecule has 4 heteroatoms. The van der Waals surface area contributed by atoms with Gasteiger partial charge in [0.2, 0.25) is 0 Å². The highest BCUT2D eigenvalue weighted by Crippen LogP contribution is 2.37. The molecule has 0 aliphatic carbocycles. The first-order chi connectivity index (χ1) is 9.25. The highest BCUT2D eigenvalue weighted by Gasteiger charge is 2.21. The molecule has 1 heterocycles. The van der Waals surface area contributed by atoms with Gasteiger partial charge in [-0.25, -0.2) is 4.79 Å². The number of carbonyl (C=O) groups excluding carboxylic acids is 1. The number of fused-ring (bicyclic) bond motifs is 1. The summed E-state index contributed by atoms with van der Waals surface area (Å²) in [6, 6.07) is 15.5. The lowest BCUT2D eigenvalue weighted by atomic mass is 10.2. The van der Waals surface area contributed by atoms with Gasteiger partial charge in [-0.1, -0.05) is 30.3 Å². The van der Waals surface area contributed by atoms with E-state index >= 15 is 0 Å². The first kappa shape index (κ1) is 11.6. The van der Waals surface area contributed by atoms with Crippen molar-refractivity contribution in [2.24, 2.45) is 5.73 Å². The SMILES string of the molecule is NC(=O)Nc1ccccc1N1CCc2ccccc21. The number of carbonyl (C=O) groups is 1. The predicted molar refractivity (Wildman–Crippen MR) is 76.8 cm³/mol. The zero-order valence-electron chi connectivity index (χ0n) is 10.5. The van der Waals surface area contributed by atoms with Crippen molar-refractivity contribution in [1.29, 1.82) is 0 Å². The Balaban J connectivity index is 2.02. The Hall–Kier alpha value is -2.49. The molecule has 96 valence electrons. The van der Waals surface area contributed by atoms with E-state index in [1.54, 1.807) is 0 Å². The molecule has 4 nitrogen and oxygen atoms in total. The molecule has 0 saturated carbocycles. The number of primary amides is 1. The summed E-state index contributed by atoms with van der Waals surface area (Å²) in [5.74, 6) is 0. The van der Waals surface area contributed by atoms with E-state index in [9.17, 15) is 4.79 Å². The number of benzene rings is 2. The standard InChI is InChI=1S/C15H15N3O/c16-15(19)17-12-6-2-4-8-14(12)18-10-9-11-5-1-3-7-13(11)18/h1-8H,9-10H2,(H3,16,17,19). The molecule has 3 N–H and O–H groups in total. The van der Waals surface area contributed by atoms with E-state index in [0.29, 0.717) is 0 Å². The lowest BCUT2D eigenvalue weighted by Gasteiger charge is -2.22. The normalized spacial score (nSPS) is 13.2. The molecule has 2 aromatic carbocycles. The van der Waals surface area contributed by atoms with Crippen molar-refractivity contribution in [1.82, 2.24) is 0 Å². The quantitative estimate of drug-likeness (QED) is 0.864. The van der Waals surface area contributed by atoms with E-state index in [-0.39, 0.29) is 0 Å². The van der Waals surface area contributed by atoms with Crippen molar-refractivity contribution in [2.75, 3.05) is 16.8 Å². The molecule has 3 rings (SSSR count). The van der Waals surface area contributed by atoms with Gasteiger partial charge in [-0.3, -0.25) is 0 Å². The number of rotatable bonds is 2. The van der Waals surface area contributed by atoms with Gasteiger partial charge in [-0.2, -0.15) is 0 Å². The molecule has 0 saturated heterocycles. The van der Waals surface area contributed by atoms with Crippen LogP contribution in [0.1, 0.15) is 5.56 Å². The smallest absolute Gasteiger partial charge is 0.316 e. The van der Waals surface area contributed by atoms with E-state index in [1.165, 1.54) is 11.3 Å². The highest BCUT2D eigenvalue weighted by atomic mass is 16.2. The average molecular weight is 253 g/mol. The molecule has 2 amide bonds. The van der Waals surface area contributed by atoms with Gasteiger partial charge in [0, 0.05) is 12.2 Å². The van der Waals surface area contributed by atoms with E-state index in [4.69, 9.17) is 5.73 Å². The van der Waals surface area contributed by atoms with Gasteiger partial charge in [0.15, 0.2) is 0 Å². The number of nitrogens with one attached hydrogen (secondary N) is 1. The number of nitrogens with zero attached hydrogens (tertiary/aromatic N) is 1. The zero-order chi connectivity index (χ0) is 13.2. The molecular weight excluding hydrogens is 238 g/mol. The summed E-state index contributed by atoms with van der Waals surface area (Å²) in [7, 11) is 0. The van der Waals surface area contributed by atoms with Crippen LogP contribution in [0, 0.1) is 0 Å². The number of amides is 2. The van der Waals surface area contributed by atoms with Crippen LogP contribution in [0.5, 0.6) is 0 Å². The van der Waals surface area contributed by atoms with E-state index < -0.39 is 6.03 Å². The van der Waals surface area contributed by atoms with Crippen molar-refractivity contribution in [3.05, 3.63) is 54.1 Å². The Kier molecular flexibility index (Phi) is 2.83. The highest BCUT2D eigenvalue weighted by molar-refractivity contribution is 5.93. The minimum absolute atomic E-state index is 0.542. The molecule has 0 bridgehead atoms. The molecule has 1 aliphatic rings. The first-order valence-electron chi connectivity index (χ1n) is 6.26. The van der Waals surface area contributed by atoms with Crippen LogP contribution in [0.15, 0.2) is 48.5 Å². The minimum atomic E-state index is -0.542. The second-order valence-corrected chi connectivity index (χ2v) is 4.54. The molecular formula is C15H15N3O. The molecule has 1 aliphatic heterocycles. The van der Waals surface area contributed by atoms with Crippen molar-refractivity contribution in [3.63, 3.8) is 0 Å². The van der Waals surface area contributed by atoms with Gasteiger partial charge in [-0.05, 0) is 30.2 Å². The zero-order valence-corrected chi connectivity index (χ0v) is 10.5. The van der Waals surface area contributed by atoms with Crippen LogP contribution in [-0.4, -0.2) is 12.6 Å². The van der Waals surface area contributed by atoms with Crippen molar-refractivity contribution >= 4 is 23.1 Å². The number of urea groups is 1. The predicted octanol–water partition coefficient (Wildman–Crippen LogP) is 2.87. The Labute approximate surface area is 111 Å². The number of nitrogens with two attached hydrogens (primary N) is 1. The second kappa shape index (κ2) is 4.65. The van der Waals surface area contributed by atoms with Crippen molar-refractivity contribution < 1.29 is 4.79 Å². The maximum Gasteiger partial charge on any atom is 0.316 e. The van der Waals surface area contributed by atoms with Crippen LogP contribution in [0.25, 0.3) is 0 Å². The molecule has 0 atom stereocenters. The fraction of sp³-hybridized carbons (Fsp3) is 0.133.